The third-order valence-electron chi connectivity index (χ3n) is 4.20. The predicted octanol–water partition coefficient (Wildman–Crippen LogP) is 5.67. The minimum absolute atomic E-state index is 0.0613. The highest BCUT2D eigenvalue weighted by molar-refractivity contribution is 7.98. The van der Waals surface area contributed by atoms with Crippen LogP contribution in [0.2, 0.25) is 0 Å². The molecule has 0 radical (unpaired) electrons. The Hall–Kier alpha value is -2.00. The first-order valence-electron chi connectivity index (χ1n) is 7.70. The van der Waals surface area contributed by atoms with Crippen molar-refractivity contribution in [1.29, 1.82) is 0 Å². The van der Waals surface area contributed by atoms with Crippen LogP contribution in [0.5, 0.6) is 0 Å². The summed E-state index contributed by atoms with van der Waals surface area (Å²) in [7, 11) is 0. The van der Waals surface area contributed by atoms with E-state index in [1.807, 2.05) is 0 Å². The van der Waals surface area contributed by atoms with Crippen LogP contribution in [0.3, 0.4) is 0 Å². The number of rotatable bonds is 3. The van der Waals surface area contributed by atoms with E-state index in [0.717, 1.165) is 34.0 Å². The monoisotopic (exact) mass is 323 g/mol. The molecule has 2 nitrogen and oxygen atoms in total. The van der Waals surface area contributed by atoms with Gasteiger partial charge in [-0.2, -0.15) is 0 Å². The average Bonchev–Trinajstić information content (AvgIpc) is 2.91. The molecule has 0 aliphatic carbocycles. The van der Waals surface area contributed by atoms with Gasteiger partial charge in [0.15, 0.2) is 6.29 Å². The maximum Gasteiger partial charge on any atom is 0.152 e. The normalized spacial score (nSPS) is 11.8. The highest BCUT2D eigenvalue weighted by Crippen LogP contribution is 2.33. The lowest BCUT2D eigenvalue weighted by Gasteiger charge is -2.18. The molecule has 3 aromatic rings. The summed E-state index contributed by atoms with van der Waals surface area (Å²) in [4.78, 5) is 16.4. The summed E-state index contributed by atoms with van der Waals surface area (Å²) in [5.74, 6) is 0. The van der Waals surface area contributed by atoms with E-state index in [1.165, 1.54) is 10.5 Å². The number of aldehydes is 1. The van der Waals surface area contributed by atoms with Crippen LogP contribution < -0.4 is 0 Å². The van der Waals surface area contributed by atoms with Crippen molar-refractivity contribution in [2.45, 2.75) is 31.1 Å². The molecule has 0 fully saturated rings. The Balaban J connectivity index is 2.19. The van der Waals surface area contributed by atoms with Gasteiger partial charge in [-0.15, -0.1) is 11.8 Å². The summed E-state index contributed by atoms with van der Waals surface area (Å²) in [6.45, 7) is 6.55. The van der Waals surface area contributed by atoms with Crippen molar-refractivity contribution in [1.82, 2.24) is 4.98 Å². The summed E-state index contributed by atoms with van der Waals surface area (Å²) in [6.07, 6.45) is 3.02. The predicted molar refractivity (Wildman–Crippen MR) is 99.6 cm³/mol. The van der Waals surface area contributed by atoms with Crippen LogP contribution in [-0.2, 0) is 5.41 Å². The summed E-state index contributed by atoms with van der Waals surface area (Å²) in [6, 6.07) is 14.6. The van der Waals surface area contributed by atoms with Gasteiger partial charge in [-0.1, -0.05) is 39.0 Å². The minimum Gasteiger partial charge on any atom is -0.354 e. The second-order valence-electron chi connectivity index (χ2n) is 6.77. The second-order valence-corrected chi connectivity index (χ2v) is 7.65. The maximum absolute atomic E-state index is 11.7. The molecule has 0 aliphatic rings. The lowest BCUT2D eigenvalue weighted by atomic mass is 9.86. The van der Waals surface area contributed by atoms with Gasteiger partial charge < -0.3 is 4.98 Å². The molecular formula is C20H21NOS. The van der Waals surface area contributed by atoms with Crippen molar-refractivity contribution in [2.24, 2.45) is 0 Å². The van der Waals surface area contributed by atoms with Crippen molar-refractivity contribution in [3.05, 3.63) is 53.6 Å². The molecule has 0 saturated heterocycles. The Morgan fingerprint density at radius 3 is 2.30 bits per heavy atom. The number of thioether (sulfide) groups is 1. The molecule has 0 amide bonds. The molecule has 1 N–H and O–H groups in total. The lowest BCUT2D eigenvalue weighted by Crippen LogP contribution is -2.10. The van der Waals surface area contributed by atoms with Gasteiger partial charge in [0.1, 0.15) is 0 Å². The number of nitrogens with one attached hydrogen (secondary N) is 1. The highest BCUT2D eigenvalue weighted by atomic mass is 32.2. The Morgan fingerprint density at radius 2 is 1.74 bits per heavy atom. The maximum atomic E-state index is 11.7. The molecule has 0 saturated carbocycles. The summed E-state index contributed by atoms with van der Waals surface area (Å²) in [5.41, 5.74) is 4.97. The Labute approximate surface area is 141 Å². The van der Waals surface area contributed by atoms with Crippen molar-refractivity contribution in [3.63, 3.8) is 0 Å². The van der Waals surface area contributed by atoms with Crippen LogP contribution in [-0.4, -0.2) is 17.5 Å². The number of H-pyrrole nitrogens is 1. The summed E-state index contributed by atoms with van der Waals surface area (Å²) >= 11 is 1.71. The molecular weight excluding hydrogens is 302 g/mol. The quantitative estimate of drug-likeness (QED) is 0.498. The topological polar surface area (TPSA) is 32.9 Å². The number of carbonyl (C=O) groups excluding carboxylic acids is 1. The van der Waals surface area contributed by atoms with Gasteiger partial charge in [-0.3, -0.25) is 4.79 Å². The molecule has 0 atom stereocenters. The van der Waals surface area contributed by atoms with Crippen molar-refractivity contribution in [3.8, 4) is 11.3 Å². The number of benzene rings is 2. The Morgan fingerprint density at radius 1 is 1.04 bits per heavy atom. The number of hydrogen-bond donors (Lipinski definition) is 1. The molecule has 2 aromatic carbocycles. The number of aromatic amines is 1. The molecule has 0 aliphatic heterocycles. The molecule has 0 spiro atoms. The number of aromatic nitrogens is 1. The standard InChI is InChI=1S/C20H21NOS/c1-20(2,3)14-7-10-18-16(11-14)17(12-22)19(21-18)13-5-8-15(23-4)9-6-13/h5-12,21H,1-4H3. The summed E-state index contributed by atoms with van der Waals surface area (Å²) < 4.78 is 0. The average molecular weight is 323 g/mol. The zero-order valence-electron chi connectivity index (χ0n) is 13.9. The van der Waals surface area contributed by atoms with Crippen LogP contribution in [0.25, 0.3) is 22.2 Å². The molecule has 118 valence electrons. The van der Waals surface area contributed by atoms with Crippen LogP contribution >= 0.6 is 11.8 Å². The number of hydrogen-bond acceptors (Lipinski definition) is 2. The third-order valence-corrected chi connectivity index (χ3v) is 4.94. The zero-order valence-corrected chi connectivity index (χ0v) is 14.8. The van der Waals surface area contributed by atoms with Gasteiger partial charge in [-0.25, -0.2) is 0 Å². The van der Waals surface area contributed by atoms with Gasteiger partial charge in [-0.05, 0) is 47.1 Å². The molecule has 3 rings (SSSR count). The van der Waals surface area contributed by atoms with Crippen LogP contribution in [0, 0.1) is 0 Å². The number of carbonyl (C=O) groups is 1. The van der Waals surface area contributed by atoms with E-state index < -0.39 is 0 Å². The SMILES string of the molecule is CSc1ccc(-c2[nH]c3ccc(C(C)(C)C)cc3c2C=O)cc1. The van der Waals surface area contributed by atoms with Crippen molar-refractivity contribution < 1.29 is 4.79 Å². The van der Waals surface area contributed by atoms with E-state index in [9.17, 15) is 4.79 Å². The molecule has 0 bridgehead atoms. The fraction of sp³-hybridized carbons (Fsp3) is 0.250. The van der Waals surface area contributed by atoms with Crippen molar-refractivity contribution in [2.75, 3.05) is 6.26 Å². The van der Waals surface area contributed by atoms with E-state index >= 15 is 0 Å². The van der Waals surface area contributed by atoms with Crippen LogP contribution in [0.4, 0.5) is 0 Å². The van der Waals surface area contributed by atoms with Crippen LogP contribution in [0.15, 0.2) is 47.4 Å². The Bertz CT molecular complexity index is 854. The molecule has 23 heavy (non-hydrogen) atoms. The third kappa shape index (κ3) is 2.93. The van der Waals surface area contributed by atoms with E-state index in [2.05, 4.69) is 74.5 Å². The first kappa shape index (κ1) is 15.9. The minimum atomic E-state index is 0.0613. The zero-order chi connectivity index (χ0) is 16.6. The van der Waals surface area contributed by atoms with Gasteiger partial charge >= 0.3 is 0 Å². The van der Waals surface area contributed by atoms with Crippen molar-refractivity contribution >= 4 is 29.0 Å². The van der Waals surface area contributed by atoms with E-state index in [4.69, 9.17) is 0 Å². The first-order chi connectivity index (χ1) is 10.9. The Kier molecular flexibility index (Phi) is 4.07. The van der Waals surface area contributed by atoms with E-state index in [1.54, 1.807) is 11.8 Å². The van der Waals surface area contributed by atoms with E-state index in [-0.39, 0.29) is 5.41 Å². The van der Waals surface area contributed by atoms with Crippen LogP contribution in [0.1, 0.15) is 36.7 Å². The van der Waals surface area contributed by atoms with E-state index in [0.29, 0.717) is 0 Å². The van der Waals surface area contributed by atoms with Gasteiger partial charge in [0, 0.05) is 21.4 Å². The molecule has 3 heteroatoms. The molecule has 0 unspecified atom stereocenters. The fourth-order valence-corrected chi connectivity index (χ4v) is 3.20. The second kappa shape index (κ2) is 5.89. The smallest absolute Gasteiger partial charge is 0.152 e. The fourth-order valence-electron chi connectivity index (χ4n) is 2.79. The lowest BCUT2D eigenvalue weighted by molar-refractivity contribution is 0.112. The van der Waals surface area contributed by atoms with Gasteiger partial charge in [0.25, 0.3) is 0 Å². The molecule has 1 aromatic heterocycles. The largest absolute Gasteiger partial charge is 0.354 e. The van der Waals surface area contributed by atoms with Gasteiger partial charge in [0.05, 0.1) is 5.69 Å². The molecule has 1 heterocycles. The van der Waals surface area contributed by atoms with Gasteiger partial charge in [0.2, 0.25) is 0 Å². The summed E-state index contributed by atoms with van der Waals surface area (Å²) in [5, 5.41) is 0.997. The number of fused-ring (bicyclic) bond motifs is 1. The highest BCUT2D eigenvalue weighted by Gasteiger charge is 2.18. The first-order valence-corrected chi connectivity index (χ1v) is 8.92.